The van der Waals surface area contributed by atoms with Crippen molar-refractivity contribution in [2.24, 2.45) is 0 Å². The predicted octanol–water partition coefficient (Wildman–Crippen LogP) is 6.48. The van der Waals surface area contributed by atoms with Crippen molar-refractivity contribution in [2.45, 2.75) is 38.2 Å². The molecule has 0 amide bonds. The molecule has 0 aromatic heterocycles. The van der Waals surface area contributed by atoms with Crippen molar-refractivity contribution in [3.63, 3.8) is 0 Å². The standard InChI is InChI=1S/C32H30O7/c1-3-30(33)37-27-16-8-23(9-17-27)24-10-18-28(19-11-24)38-32(35)25-12-14-26(15-13-25)36-20-6-4-5-7-29-21-22(2)31(34)39-29/h3,8-19,29H,1-2,4-7,20-21H2. The minimum Gasteiger partial charge on any atom is -0.494 e. The lowest BCUT2D eigenvalue weighted by Gasteiger charge is -2.09. The lowest BCUT2D eigenvalue weighted by Crippen LogP contribution is -2.08. The maximum Gasteiger partial charge on any atom is 0.343 e. The average molecular weight is 527 g/mol. The van der Waals surface area contributed by atoms with Crippen LogP contribution in [-0.2, 0) is 14.3 Å². The molecule has 39 heavy (non-hydrogen) atoms. The molecular weight excluding hydrogens is 496 g/mol. The zero-order chi connectivity index (χ0) is 27.6. The Balaban J connectivity index is 1.18. The van der Waals surface area contributed by atoms with Crippen molar-refractivity contribution in [3.05, 3.63) is 103 Å². The number of esters is 3. The fourth-order valence-electron chi connectivity index (χ4n) is 4.08. The summed E-state index contributed by atoms with van der Waals surface area (Å²) in [6, 6.07) is 21.1. The molecule has 4 rings (SSSR count). The third-order valence-electron chi connectivity index (χ3n) is 6.20. The molecule has 3 aromatic carbocycles. The van der Waals surface area contributed by atoms with Crippen molar-refractivity contribution in [2.75, 3.05) is 6.61 Å². The van der Waals surface area contributed by atoms with Crippen LogP contribution in [-0.4, -0.2) is 30.6 Å². The molecule has 1 heterocycles. The number of rotatable bonds is 12. The zero-order valence-corrected chi connectivity index (χ0v) is 21.6. The van der Waals surface area contributed by atoms with E-state index >= 15 is 0 Å². The van der Waals surface area contributed by atoms with Crippen LogP contribution < -0.4 is 14.2 Å². The molecule has 0 spiro atoms. The average Bonchev–Trinajstić information content (AvgIpc) is 3.28. The SMILES string of the molecule is C=CC(=O)Oc1ccc(-c2ccc(OC(=O)c3ccc(OCCCCCC4CC(=C)C(=O)O4)cc3)cc2)cc1. The fourth-order valence-corrected chi connectivity index (χ4v) is 4.08. The van der Waals surface area contributed by atoms with Gasteiger partial charge in [0.2, 0.25) is 0 Å². The summed E-state index contributed by atoms with van der Waals surface area (Å²) < 4.78 is 21.6. The first kappa shape index (κ1) is 27.4. The van der Waals surface area contributed by atoms with Crippen molar-refractivity contribution in [1.29, 1.82) is 0 Å². The molecule has 0 saturated carbocycles. The van der Waals surface area contributed by atoms with Crippen LogP contribution in [0, 0.1) is 0 Å². The minimum atomic E-state index is -0.513. The van der Waals surface area contributed by atoms with Crippen LogP contribution in [0.15, 0.2) is 97.6 Å². The number of benzene rings is 3. The molecule has 3 aromatic rings. The van der Waals surface area contributed by atoms with Gasteiger partial charge in [-0.3, -0.25) is 0 Å². The van der Waals surface area contributed by atoms with Gasteiger partial charge in [0.15, 0.2) is 0 Å². The summed E-state index contributed by atoms with van der Waals surface area (Å²) in [4.78, 5) is 35.2. The van der Waals surface area contributed by atoms with E-state index in [1.54, 1.807) is 48.5 Å². The summed E-state index contributed by atoms with van der Waals surface area (Å²) >= 11 is 0. The summed E-state index contributed by atoms with van der Waals surface area (Å²) in [7, 11) is 0. The van der Waals surface area contributed by atoms with E-state index in [1.807, 2.05) is 24.3 Å². The second kappa shape index (κ2) is 13.2. The monoisotopic (exact) mass is 526 g/mol. The number of hydrogen-bond donors (Lipinski definition) is 0. The number of carbonyl (C=O) groups excluding carboxylic acids is 3. The van der Waals surface area contributed by atoms with Crippen LogP contribution in [0.3, 0.4) is 0 Å². The molecular formula is C32H30O7. The molecule has 1 fully saturated rings. The van der Waals surface area contributed by atoms with E-state index in [4.69, 9.17) is 18.9 Å². The smallest absolute Gasteiger partial charge is 0.343 e. The third-order valence-corrected chi connectivity index (χ3v) is 6.20. The van der Waals surface area contributed by atoms with Gasteiger partial charge in [0.25, 0.3) is 0 Å². The van der Waals surface area contributed by atoms with Gasteiger partial charge in [0.05, 0.1) is 12.2 Å². The van der Waals surface area contributed by atoms with Crippen LogP contribution in [0.1, 0.15) is 42.5 Å². The molecule has 7 heteroatoms. The molecule has 1 aliphatic heterocycles. The maximum absolute atomic E-state index is 12.6. The Morgan fingerprint density at radius 2 is 1.41 bits per heavy atom. The number of hydrogen-bond acceptors (Lipinski definition) is 7. The van der Waals surface area contributed by atoms with Crippen LogP contribution >= 0.6 is 0 Å². The normalized spacial score (nSPS) is 14.4. The Morgan fingerprint density at radius 1 is 0.821 bits per heavy atom. The summed E-state index contributed by atoms with van der Waals surface area (Å²) in [6.45, 7) is 7.65. The van der Waals surface area contributed by atoms with Gasteiger partial charge in [-0.2, -0.15) is 0 Å². The van der Waals surface area contributed by atoms with E-state index in [0.29, 0.717) is 41.4 Å². The van der Waals surface area contributed by atoms with Gasteiger partial charge in [0.1, 0.15) is 23.4 Å². The quantitative estimate of drug-likeness (QED) is 0.116. The third kappa shape index (κ3) is 7.92. The first-order valence-electron chi connectivity index (χ1n) is 12.8. The minimum absolute atomic E-state index is 0.0365. The molecule has 7 nitrogen and oxygen atoms in total. The van der Waals surface area contributed by atoms with E-state index in [-0.39, 0.29) is 12.1 Å². The topological polar surface area (TPSA) is 88.1 Å². The van der Waals surface area contributed by atoms with E-state index < -0.39 is 11.9 Å². The number of carbonyl (C=O) groups is 3. The van der Waals surface area contributed by atoms with Crippen molar-refractivity contribution >= 4 is 17.9 Å². The highest BCUT2D eigenvalue weighted by molar-refractivity contribution is 5.91. The van der Waals surface area contributed by atoms with Gasteiger partial charge >= 0.3 is 17.9 Å². The Morgan fingerprint density at radius 3 is 1.97 bits per heavy atom. The van der Waals surface area contributed by atoms with Gasteiger partial charge in [-0.15, -0.1) is 0 Å². The molecule has 0 aliphatic carbocycles. The summed E-state index contributed by atoms with van der Waals surface area (Å²) in [5.74, 6) is 0.295. The predicted molar refractivity (Wildman–Crippen MR) is 147 cm³/mol. The Hall–Kier alpha value is -4.65. The Labute approximate surface area is 227 Å². The van der Waals surface area contributed by atoms with Gasteiger partial charge in [-0.25, -0.2) is 14.4 Å². The van der Waals surface area contributed by atoms with Crippen LogP contribution in [0.4, 0.5) is 0 Å². The highest BCUT2D eigenvalue weighted by Crippen LogP contribution is 2.26. The molecule has 1 unspecified atom stereocenters. The van der Waals surface area contributed by atoms with Crippen molar-refractivity contribution in [1.82, 2.24) is 0 Å². The van der Waals surface area contributed by atoms with E-state index in [2.05, 4.69) is 13.2 Å². The van der Waals surface area contributed by atoms with Crippen LogP contribution in [0.25, 0.3) is 11.1 Å². The molecule has 0 radical (unpaired) electrons. The number of unbranched alkanes of at least 4 members (excludes halogenated alkanes) is 2. The number of ether oxygens (including phenoxy) is 4. The maximum atomic E-state index is 12.6. The van der Waals surface area contributed by atoms with Gasteiger partial charge in [-0.1, -0.05) is 37.4 Å². The van der Waals surface area contributed by atoms with Gasteiger partial charge in [-0.05, 0) is 85.3 Å². The Kier molecular flexibility index (Phi) is 9.29. The zero-order valence-electron chi connectivity index (χ0n) is 21.6. The Bertz CT molecular complexity index is 1310. The second-order valence-electron chi connectivity index (χ2n) is 9.12. The first-order chi connectivity index (χ1) is 18.9. The fraction of sp³-hybridized carbons (Fsp3) is 0.219. The number of cyclic esters (lactones) is 1. The molecule has 0 N–H and O–H groups in total. The van der Waals surface area contributed by atoms with E-state index in [0.717, 1.165) is 42.9 Å². The largest absolute Gasteiger partial charge is 0.494 e. The highest BCUT2D eigenvalue weighted by Gasteiger charge is 2.26. The van der Waals surface area contributed by atoms with Crippen LogP contribution in [0.5, 0.6) is 17.2 Å². The van der Waals surface area contributed by atoms with Gasteiger partial charge in [0, 0.05) is 18.1 Å². The summed E-state index contributed by atoms with van der Waals surface area (Å²) in [5.41, 5.74) is 2.82. The first-order valence-corrected chi connectivity index (χ1v) is 12.8. The van der Waals surface area contributed by atoms with Crippen LogP contribution in [0.2, 0.25) is 0 Å². The molecule has 1 atom stereocenters. The summed E-state index contributed by atoms with van der Waals surface area (Å²) in [6.07, 6.45) is 5.35. The highest BCUT2D eigenvalue weighted by atomic mass is 16.6. The molecule has 200 valence electrons. The second-order valence-corrected chi connectivity index (χ2v) is 9.12. The van der Waals surface area contributed by atoms with Gasteiger partial charge < -0.3 is 18.9 Å². The molecule has 1 saturated heterocycles. The summed E-state index contributed by atoms with van der Waals surface area (Å²) in [5, 5.41) is 0. The van der Waals surface area contributed by atoms with E-state index in [1.165, 1.54) is 0 Å². The van der Waals surface area contributed by atoms with Crippen molar-refractivity contribution in [3.8, 4) is 28.4 Å². The molecule has 0 bridgehead atoms. The molecule has 1 aliphatic rings. The lowest BCUT2D eigenvalue weighted by molar-refractivity contribution is -0.139. The lowest BCUT2D eigenvalue weighted by atomic mass is 10.1. The van der Waals surface area contributed by atoms with Crippen molar-refractivity contribution < 1.29 is 33.3 Å². The van der Waals surface area contributed by atoms with E-state index in [9.17, 15) is 14.4 Å².